The molecule has 0 heterocycles. The second-order valence-corrected chi connectivity index (χ2v) is 5.84. The van der Waals surface area contributed by atoms with E-state index in [0.717, 1.165) is 37.6 Å². The number of benzene rings is 1. The Bertz CT molecular complexity index is 467. The van der Waals surface area contributed by atoms with Crippen molar-refractivity contribution in [3.8, 4) is 5.75 Å². The molecule has 1 aromatic carbocycles. The van der Waals surface area contributed by atoms with E-state index in [0.29, 0.717) is 6.04 Å². The zero-order valence-electron chi connectivity index (χ0n) is 13.9. The molecule has 122 valence electrons. The first-order valence-corrected chi connectivity index (χ1v) is 8.49. The number of methoxy groups -OCH3 is 1. The maximum Gasteiger partial charge on any atom is 0.191 e. The van der Waals surface area contributed by atoms with Crippen molar-refractivity contribution in [1.29, 1.82) is 0 Å². The van der Waals surface area contributed by atoms with Crippen molar-refractivity contribution in [2.75, 3.05) is 20.2 Å². The molecule has 4 heteroatoms. The molecule has 0 aromatic heterocycles. The monoisotopic (exact) mass is 303 g/mol. The summed E-state index contributed by atoms with van der Waals surface area (Å²) in [5.74, 6) is 1.90. The first-order valence-electron chi connectivity index (χ1n) is 8.49. The Morgan fingerprint density at radius 3 is 2.86 bits per heavy atom. The lowest BCUT2D eigenvalue weighted by Crippen LogP contribution is -2.42. The van der Waals surface area contributed by atoms with Crippen LogP contribution in [-0.2, 0) is 6.42 Å². The lowest BCUT2D eigenvalue weighted by molar-refractivity contribution is 0.414. The average molecular weight is 303 g/mol. The second kappa shape index (κ2) is 9.34. The maximum absolute atomic E-state index is 5.26. The average Bonchev–Trinajstić information content (AvgIpc) is 3.05. The van der Waals surface area contributed by atoms with Gasteiger partial charge in [-0.3, -0.25) is 4.99 Å². The molecule has 0 radical (unpaired) electrons. The lowest BCUT2D eigenvalue weighted by Gasteiger charge is -2.16. The van der Waals surface area contributed by atoms with Gasteiger partial charge in [0, 0.05) is 19.1 Å². The Morgan fingerprint density at radius 1 is 1.32 bits per heavy atom. The molecular formula is C18H29N3O. The van der Waals surface area contributed by atoms with Gasteiger partial charge in [0.15, 0.2) is 5.96 Å². The molecule has 1 aromatic rings. The summed E-state index contributed by atoms with van der Waals surface area (Å²) in [5, 5.41) is 6.90. The normalized spacial score (nSPS) is 15.8. The Labute approximate surface area is 134 Å². The largest absolute Gasteiger partial charge is 0.497 e. The van der Waals surface area contributed by atoms with Crippen LogP contribution in [0.1, 0.15) is 44.6 Å². The molecule has 1 saturated carbocycles. The first-order chi connectivity index (χ1) is 10.8. The van der Waals surface area contributed by atoms with Crippen LogP contribution in [0.15, 0.2) is 29.3 Å². The molecule has 1 fully saturated rings. The van der Waals surface area contributed by atoms with E-state index in [4.69, 9.17) is 9.73 Å². The van der Waals surface area contributed by atoms with E-state index in [-0.39, 0.29) is 0 Å². The molecule has 2 rings (SSSR count). The summed E-state index contributed by atoms with van der Waals surface area (Å²) >= 11 is 0. The summed E-state index contributed by atoms with van der Waals surface area (Å²) in [6.45, 7) is 3.87. The fraction of sp³-hybridized carbons (Fsp3) is 0.611. The van der Waals surface area contributed by atoms with Crippen LogP contribution in [0.3, 0.4) is 0 Å². The Balaban J connectivity index is 1.77. The molecule has 0 saturated heterocycles. The molecule has 2 N–H and O–H groups in total. The first kappa shape index (κ1) is 16.7. The van der Waals surface area contributed by atoms with Gasteiger partial charge in [0.25, 0.3) is 0 Å². The molecule has 0 unspecified atom stereocenters. The SMILES string of the molecule is CCNC(=NCCCc1cccc(OC)c1)NC1CCCC1. The number of hydrogen-bond donors (Lipinski definition) is 2. The van der Waals surface area contributed by atoms with E-state index >= 15 is 0 Å². The predicted octanol–water partition coefficient (Wildman–Crippen LogP) is 3.13. The zero-order valence-corrected chi connectivity index (χ0v) is 13.9. The van der Waals surface area contributed by atoms with E-state index in [1.54, 1.807) is 7.11 Å². The summed E-state index contributed by atoms with van der Waals surface area (Å²) in [4.78, 5) is 4.70. The van der Waals surface area contributed by atoms with Crippen molar-refractivity contribution in [2.45, 2.75) is 51.5 Å². The second-order valence-electron chi connectivity index (χ2n) is 5.84. The summed E-state index contributed by atoms with van der Waals surface area (Å²) in [6.07, 6.45) is 7.31. The quantitative estimate of drug-likeness (QED) is 0.462. The van der Waals surface area contributed by atoms with Crippen LogP contribution in [-0.4, -0.2) is 32.2 Å². The minimum Gasteiger partial charge on any atom is -0.497 e. The highest BCUT2D eigenvalue weighted by Gasteiger charge is 2.15. The van der Waals surface area contributed by atoms with Crippen molar-refractivity contribution in [2.24, 2.45) is 4.99 Å². The third-order valence-corrected chi connectivity index (χ3v) is 4.07. The van der Waals surface area contributed by atoms with Crippen molar-refractivity contribution in [3.63, 3.8) is 0 Å². The van der Waals surface area contributed by atoms with E-state index in [1.165, 1.54) is 31.2 Å². The molecule has 22 heavy (non-hydrogen) atoms. The molecule has 1 aliphatic rings. The summed E-state index contributed by atoms with van der Waals surface area (Å²) in [7, 11) is 1.71. The van der Waals surface area contributed by atoms with Crippen LogP contribution >= 0.6 is 0 Å². The number of nitrogens with zero attached hydrogens (tertiary/aromatic N) is 1. The fourth-order valence-corrected chi connectivity index (χ4v) is 2.89. The highest BCUT2D eigenvalue weighted by Crippen LogP contribution is 2.17. The van der Waals surface area contributed by atoms with Crippen LogP contribution in [0.25, 0.3) is 0 Å². The van der Waals surface area contributed by atoms with Gasteiger partial charge in [0.1, 0.15) is 5.75 Å². The molecular weight excluding hydrogens is 274 g/mol. The van der Waals surface area contributed by atoms with Gasteiger partial charge in [-0.1, -0.05) is 25.0 Å². The highest BCUT2D eigenvalue weighted by atomic mass is 16.5. The molecule has 0 atom stereocenters. The predicted molar refractivity (Wildman–Crippen MR) is 92.7 cm³/mol. The van der Waals surface area contributed by atoms with Gasteiger partial charge in [-0.2, -0.15) is 0 Å². The number of nitrogens with one attached hydrogen (secondary N) is 2. The minimum atomic E-state index is 0.608. The topological polar surface area (TPSA) is 45.7 Å². The molecule has 0 bridgehead atoms. The number of rotatable bonds is 7. The van der Waals surface area contributed by atoms with Crippen LogP contribution < -0.4 is 15.4 Å². The van der Waals surface area contributed by atoms with Gasteiger partial charge in [-0.05, 0) is 50.3 Å². The standard InChI is InChI=1S/C18H29N3O/c1-3-19-18(21-16-10-4-5-11-16)20-13-7-9-15-8-6-12-17(14-15)22-2/h6,8,12,14,16H,3-5,7,9-11,13H2,1-2H3,(H2,19,20,21). The van der Waals surface area contributed by atoms with E-state index < -0.39 is 0 Å². The van der Waals surface area contributed by atoms with Crippen molar-refractivity contribution in [1.82, 2.24) is 10.6 Å². The van der Waals surface area contributed by atoms with Crippen molar-refractivity contribution >= 4 is 5.96 Å². The summed E-state index contributed by atoms with van der Waals surface area (Å²) in [6, 6.07) is 8.88. The van der Waals surface area contributed by atoms with Crippen molar-refractivity contribution in [3.05, 3.63) is 29.8 Å². The van der Waals surface area contributed by atoms with E-state index in [2.05, 4.69) is 29.7 Å². The Morgan fingerprint density at radius 2 is 2.14 bits per heavy atom. The van der Waals surface area contributed by atoms with Gasteiger partial charge in [-0.25, -0.2) is 0 Å². The molecule has 4 nitrogen and oxygen atoms in total. The number of guanidine groups is 1. The zero-order chi connectivity index (χ0) is 15.6. The van der Waals surface area contributed by atoms with Gasteiger partial charge in [0.05, 0.1) is 7.11 Å². The molecule has 0 aliphatic heterocycles. The number of ether oxygens (including phenoxy) is 1. The minimum absolute atomic E-state index is 0.608. The van der Waals surface area contributed by atoms with E-state index in [9.17, 15) is 0 Å². The van der Waals surface area contributed by atoms with Crippen LogP contribution in [0.5, 0.6) is 5.75 Å². The molecule has 1 aliphatic carbocycles. The smallest absolute Gasteiger partial charge is 0.191 e. The van der Waals surface area contributed by atoms with Gasteiger partial charge < -0.3 is 15.4 Å². The Kier molecular flexibility index (Phi) is 7.07. The lowest BCUT2D eigenvalue weighted by atomic mass is 10.1. The Hall–Kier alpha value is -1.71. The van der Waals surface area contributed by atoms with Crippen LogP contribution in [0.4, 0.5) is 0 Å². The number of aliphatic imine (C=N–C) groups is 1. The number of hydrogen-bond acceptors (Lipinski definition) is 2. The van der Waals surface area contributed by atoms with Gasteiger partial charge >= 0.3 is 0 Å². The van der Waals surface area contributed by atoms with Gasteiger partial charge in [-0.15, -0.1) is 0 Å². The third kappa shape index (κ3) is 5.58. The summed E-state index contributed by atoms with van der Waals surface area (Å²) < 4.78 is 5.26. The van der Waals surface area contributed by atoms with Crippen LogP contribution in [0.2, 0.25) is 0 Å². The maximum atomic E-state index is 5.26. The highest BCUT2D eigenvalue weighted by molar-refractivity contribution is 5.80. The van der Waals surface area contributed by atoms with Gasteiger partial charge in [0.2, 0.25) is 0 Å². The van der Waals surface area contributed by atoms with E-state index in [1.807, 2.05) is 12.1 Å². The number of aryl methyl sites for hydroxylation is 1. The molecule has 0 amide bonds. The third-order valence-electron chi connectivity index (χ3n) is 4.07. The van der Waals surface area contributed by atoms with Crippen molar-refractivity contribution < 1.29 is 4.74 Å². The van der Waals surface area contributed by atoms with Crippen LogP contribution in [0, 0.1) is 0 Å². The fourth-order valence-electron chi connectivity index (χ4n) is 2.89. The molecule has 0 spiro atoms. The summed E-state index contributed by atoms with van der Waals surface area (Å²) in [5.41, 5.74) is 1.31.